The van der Waals surface area contributed by atoms with Gasteiger partial charge < -0.3 is 4.74 Å². The normalized spacial score (nSPS) is 36.1. The molecule has 2 spiro atoms. The summed E-state index contributed by atoms with van der Waals surface area (Å²) in [6.45, 7) is 2.42. The van der Waals surface area contributed by atoms with Crippen LogP contribution in [0, 0.1) is 16.7 Å². The fourth-order valence-corrected chi connectivity index (χ4v) is 5.68. The molecule has 2 atom stereocenters. The zero-order valence-electron chi connectivity index (χ0n) is 12.1. The van der Waals surface area contributed by atoms with Gasteiger partial charge in [0, 0.05) is 23.1 Å². The molecule has 3 fully saturated rings. The SMILES string of the molecule is CCOC12C(=O)c3ccccc3C(=O)C1C1(CC1)C21CC1. The third kappa shape index (κ3) is 0.988. The Morgan fingerprint density at radius 1 is 1.10 bits per heavy atom. The van der Waals surface area contributed by atoms with Gasteiger partial charge in [0.25, 0.3) is 0 Å². The summed E-state index contributed by atoms with van der Waals surface area (Å²) in [4.78, 5) is 26.3. The molecule has 0 aliphatic heterocycles. The van der Waals surface area contributed by atoms with Gasteiger partial charge in [-0.1, -0.05) is 24.3 Å². The molecule has 3 nitrogen and oxygen atoms in total. The number of hydrogen-bond acceptors (Lipinski definition) is 3. The van der Waals surface area contributed by atoms with Gasteiger partial charge in [0.2, 0.25) is 0 Å². The largest absolute Gasteiger partial charge is 0.366 e. The summed E-state index contributed by atoms with van der Waals surface area (Å²) in [6, 6.07) is 7.29. The minimum atomic E-state index is -0.844. The van der Waals surface area contributed by atoms with E-state index in [4.69, 9.17) is 4.74 Å². The molecule has 0 saturated heterocycles. The highest BCUT2D eigenvalue weighted by Crippen LogP contribution is 2.89. The van der Waals surface area contributed by atoms with Crippen molar-refractivity contribution in [1.82, 2.24) is 0 Å². The number of carbonyl (C=O) groups excluding carboxylic acids is 2. The number of ether oxygens (including phenoxy) is 1. The zero-order valence-corrected chi connectivity index (χ0v) is 12.1. The van der Waals surface area contributed by atoms with Crippen LogP contribution in [-0.4, -0.2) is 23.8 Å². The molecule has 3 saturated carbocycles. The van der Waals surface area contributed by atoms with E-state index in [0.717, 1.165) is 25.7 Å². The fraction of sp³-hybridized carbons (Fsp3) is 0.556. The number of fused-ring (bicyclic) bond motifs is 5. The van der Waals surface area contributed by atoms with E-state index in [9.17, 15) is 9.59 Å². The number of benzene rings is 1. The van der Waals surface area contributed by atoms with E-state index < -0.39 is 5.60 Å². The van der Waals surface area contributed by atoms with E-state index in [0.29, 0.717) is 17.7 Å². The van der Waals surface area contributed by atoms with Crippen molar-refractivity contribution in [2.24, 2.45) is 16.7 Å². The molecular weight excluding hydrogens is 264 g/mol. The average molecular weight is 282 g/mol. The summed E-state index contributed by atoms with van der Waals surface area (Å²) in [5, 5.41) is 0. The van der Waals surface area contributed by atoms with Crippen molar-refractivity contribution >= 4 is 11.6 Å². The molecule has 0 heterocycles. The van der Waals surface area contributed by atoms with Gasteiger partial charge in [0.15, 0.2) is 11.6 Å². The Balaban J connectivity index is 1.77. The van der Waals surface area contributed by atoms with E-state index in [2.05, 4.69) is 0 Å². The summed E-state index contributed by atoms with van der Waals surface area (Å²) >= 11 is 0. The highest BCUT2D eigenvalue weighted by molar-refractivity contribution is 6.21. The second-order valence-electron chi connectivity index (χ2n) is 7.08. The molecule has 0 aromatic heterocycles. The lowest BCUT2D eigenvalue weighted by Crippen LogP contribution is -2.75. The third-order valence-corrected chi connectivity index (χ3v) is 6.57. The minimum Gasteiger partial charge on any atom is -0.366 e. The summed E-state index contributed by atoms with van der Waals surface area (Å²) in [6.07, 6.45) is 4.27. The zero-order chi connectivity index (χ0) is 14.5. The quantitative estimate of drug-likeness (QED) is 0.837. The number of Topliss-reactive ketones (excluding diaryl/α,β-unsaturated/α-hetero) is 2. The Hall–Kier alpha value is -1.48. The Morgan fingerprint density at radius 3 is 2.33 bits per heavy atom. The minimum absolute atomic E-state index is 0.0268. The van der Waals surface area contributed by atoms with Crippen molar-refractivity contribution in [3.8, 4) is 0 Å². The third-order valence-electron chi connectivity index (χ3n) is 6.57. The summed E-state index contributed by atoms with van der Waals surface area (Å²) < 4.78 is 6.09. The first kappa shape index (κ1) is 12.1. The summed E-state index contributed by atoms with van der Waals surface area (Å²) in [5.41, 5.74) is 0.408. The molecule has 4 aliphatic carbocycles. The van der Waals surface area contributed by atoms with Gasteiger partial charge in [-0.25, -0.2) is 0 Å². The van der Waals surface area contributed by atoms with Crippen LogP contribution >= 0.6 is 0 Å². The van der Waals surface area contributed by atoms with Gasteiger partial charge in [0.1, 0.15) is 5.60 Å². The number of rotatable bonds is 2. The number of carbonyl (C=O) groups is 2. The van der Waals surface area contributed by atoms with Crippen molar-refractivity contribution in [2.75, 3.05) is 6.61 Å². The number of hydrogen-bond donors (Lipinski definition) is 0. The van der Waals surface area contributed by atoms with Gasteiger partial charge in [-0.2, -0.15) is 0 Å². The van der Waals surface area contributed by atoms with Crippen LogP contribution in [-0.2, 0) is 4.74 Å². The Labute approximate surface area is 123 Å². The molecule has 0 N–H and O–H groups in total. The molecule has 1 aromatic rings. The van der Waals surface area contributed by atoms with Gasteiger partial charge in [-0.3, -0.25) is 9.59 Å². The van der Waals surface area contributed by atoms with Gasteiger partial charge in [-0.15, -0.1) is 0 Å². The Morgan fingerprint density at radius 2 is 1.76 bits per heavy atom. The second-order valence-corrected chi connectivity index (χ2v) is 7.08. The molecule has 3 heteroatoms. The topological polar surface area (TPSA) is 43.4 Å². The molecule has 1 aromatic carbocycles. The van der Waals surface area contributed by atoms with E-state index in [1.807, 2.05) is 19.1 Å². The Bertz CT molecular complexity index is 696. The van der Waals surface area contributed by atoms with Crippen molar-refractivity contribution in [3.05, 3.63) is 35.4 Å². The van der Waals surface area contributed by atoms with Gasteiger partial charge in [-0.05, 0) is 38.0 Å². The van der Waals surface area contributed by atoms with E-state index in [1.54, 1.807) is 12.1 Å². The van der Waals surface area contributed by atoms with Gasteiger partial charge >= 0.3 is 0 Å². The van der Waals surface area contributed by atoms with Crippen LogP contribution < -0.4 is 0 Å². The van der Waals surface area contributed by atoms with Crippen molar-refractivity contribution < 1.29 is 14.3 Å². The molecule has 0 radical (unpaired) electrons. The van der Waals surface area contributed by atoms with Crippen molar-refractivity contribution in [3.63, 3.8) is 0 Å². The monoisotopic (exact) mass is 282 g/mol. The van der Waals surface area contributed by atoms with Crippen LogP contribution in [0.5, 0.6) is 0 Å². The van der Waals surface area contributed by atoms with E-state index in [-0.39, 0.29) is 28.3 Å². The van der Waals surface area contributed by atoms with Crippen LogP contribution in [0.25, 0.3) is 0 Å². The van der Waals surface area contributed by atoms with Crippen LogP contribution in [0.15, 0.2) is 24.3 Å². The Kier molecular flexibility index (Phi) is 1.90. The van der Waals surface area contributed by atoms with E-state index in [1.165, 1.54) is 0 Å². The smallest absolute Gasteiger partial charge is 0.196 e. The first-order chi connectivity index (χ1) is 10.1. The molecule has 5 rings (SSSR count). The van der Waals surface area contributed by atoms with Crippen LogP contribution in [0.3, 0.4) is 0 Å². The molecule has 2 unspecified atom stereocenters. The van der Waals surface area contributed by atoms with Crippen LogP contribution in [0.4, 0.5) is 0 Å². The summed E-state index contributed by atoms with van der Waals surface area (Å²) in [7, 11) is 0. The molecule has 108 valence electrons. The molecule has 21 heavy (non-hydrogen) atoms. The first-order valence-electron chi connectivity index (χ1n) is 7.97. The molecular formula is C18H18O3. The maximum Gasteiger partial charge on any atom is 0.196 e. The van der Waals surface area contributed by atoms with Crippen LogP contribution in [0.1, 0.15) is 53.3 Å². The van der Waals surface area contributed by atoms with Crippen molar-refractivity contribution in [2.45, 2.75) is 38.2 Å². The molecule has 4 aliphatic rings. The highest BCUT2D eigenvalue weighted by atomic mass is 16.5. The lowest BCUT2D eigenvalue weighted by atomic mass is 9.42. The number of ketones is 2. The van der Waals surface area contributed by atoms with Crippen molar-refractivity contribution in [1.29, 1.82) is 0 Å². The van der Waals surface area contributed by atoms with E-state index >= 15 is 0 Å². The summed E-state index contributed by atoms with van der Waals surface area (Å²) in [5.74, 6) is -0.0110. The lowest BCUT2D eigenvalue weighted by molar-refractivity contribution is -0.207. The first-order valence-corrected chi connectivity index (χ1v) is 7.97. The molecule has 0 amide bonds. The standard InChI is InChI=1S/C18H18O3/c1-2-21-18-14(16(7-8-16)17(18)9-10-17)13(19)11-5-3-4-6-12(11)15(18)20/h3-6,14H,2,7-10H2,1H3. The molecule has 0 bridgehead atoms. The van der Waals surface area contributed by atoms with Gasteiger partial charge in [0.05, 0.1) is 5.92 Å². The van der Waals surface area contributed by atoms with Crippen LogP contribution in [0.2, 0.25) is 0 Å². The predicted octanol–water partition coefficient (Wildman–Crippen LogP) is 3.03. The predicted molar refractivity (Wildman–Crippen MR) is 76.3 cm³/mol. The maximum atomic E-state index is 13.2. The lowest BCUT2D eigenvalue weighted by Gasteiger charge is -2.63. The second kappa shape index (κ2) is 3.30. The maximum absolute atomic E-state index is 13.2. The highest BCUT2D eigenvalue weighted by Gasteiger charge is 2.92. The fourth-order valence-electron chi connectivity index (χ4n) is 5.68. The average Bonchev–Trinajstić information content (AvgIpc) is 3.37.